The number of carbonyl (C=O) groups is 1. The van der Waals surface area contributed by atoms with Crippen LogP contribution in [0.2, 0.25) is 0 Å². The Morgan fingerprint density at radius 2 is 1.85 bits per heavy atom. The third kappa shape index (κ3) is 4.45. The van der Waals surface area contributed by atoms with Crippen LogP contribution in [0, 0.1) is 5.92 Å². The van der Waals surface area contributed by atoms with Gasteiger partial charge >= 0.3 is 6.03 Å². The average Bonchev–Trinajstić information content (AvgIpc) is 3.20. The molecule has 142 valence electrons. The molecule has 2 aliphatic rings. The number of hydrogen-bond acceptors (Lipinski definition) is 4. The summed E-state index contributed by atoms with van der Waals surface area (Å²) in [6.45, 7) is 4.31. The molecular weight excluding hydrogens is 342 g/mol. The van der Waals surface area contributed by atoms with Gasteiger partial charge in [-0.2, -0.15) is 0 Å². The number of rotatable bonds is 5. The maximum absolute atomic E-state index is 12.1. The summed E-state index contributed by atoms with van der Waals surface area (Å²) in [4.78, 5) is 14.5. The van der Waals surface area contributed by atoms with Crippen LogP contribution in [-0.2, 0) is 6.54 Å². The summed E-state index contributed by atoms with van der Waals surface area (Å²) < 4.78 is 11.1. The normalized spacial score (nSPS) is 18.2. The Bertz CT molecular complexity index is 781. The van der Waals surface area contributed by atoms with Gasteiger partial charge in [0.25, 0.3) is 0 Å². The smallest absolute Gasteiger partial charge is 0.315 e. The number of anilines is 1. The monoisotopic (exact) mass is 367 g/mol. The van der Waals surface area contributed by atoms with E-state index in [0.717, 1.165) is 36.6 Å². The largest absolute Gasteiger partial charge is 0.486 e. The summed E-state index contributed by atoms with van der Waals surface area (Å²) in [6, 6.07) is 16.0. The van der Waals surface area contributed by atoms with Crippen LogP contribution in [0.25, 0.3) is 0 Å². The summed E-state index contributed by atoms with van der Waals surface area (Å²) in [5.74, 6) is 1.98. The molecule has 2 aromatic rings. The average molecular weight is 367 g/mol. The molecule has 6 heteroatoms. The molecule has 0 aliphatic carbocycles. The van der Waals surface area contributed by atoms with Crippen molar-refractivity contribution in [2.24, 2.45) is 5.92 Å². The Morgan fingerprint density at radius 1 is 1.04 bits per heavy atom. The zero-order chi connectivity index (χ0) is 18.5. The highest BCUT2D eigenvalue weighted by molar-refractivity contribution is 5.73. The van der Waals surface area contributed by atoms with Gasteiger partial charge in [-0.05, 0) is 42.2 Å². The maximum Gasteiger partial charge on any atom is 0.315 e. The fourth-order valence-electron chi connectivity index (χ4n) is 3.55. The second kappa shape index (κ2) is 8.20. The molecule has 1 atom stereocenters. The molecule has 1 saturated heterocycles. The van der Waals surface area contributed by atoms with Crippen LogP contribution in [0.4, 0.5) is 10.5 Å². The first-order valence-electron chi connectivity index (χ1n) is 9.48. The summed E-state index contributed by atoms with van der Waals surface area (Å²) in [6.07, 6.45) is 1.09. The number of ether oxygens (including phenoxy) is 2. The van der Waals surface area contributed by atoms with E-state index >= 15 is 0 Å². The number of nitrogens with one attached hydrogen (secondary N) is 2. The highest BCUT2D eigenvalue weighted by atomic mass is 16.6. The van der Waals surface area contributed by atoms with Gasteiger partial charge in [0.05, 0.1) is 0 Å². The van der Waals surface area contributed by atoms with Gasteiger partial charge < -0.3 is 25.0 Å². The van der Waals surface area contributed by atoms with Gasteiger partial charge in [-0.15, -0.1) is 0 Å². The molecule has 2 N–H and O–H groups in total. The van der Waals surface area contributed by atoms with E-state index in [2.05, 4.69) is 39.8 Å². The molecule has 2 heterocycles. The van der Waals surface area contributed by atoms with E-state index in [0.29, 0.717) is 32.2 Å². The summed E-state index contributed by atoms with van der Waals surface area (Å²) >= 11 is 0. The van der Waals surface area contributed by atoms with Crippen molar-refractivity contribution in [3.8, 4) is 11.5 Å². The fourth-order valence-corrected chi connectivity index (χ4v) is 3.55. The van der Waals surface area contributed by atoms with Crippen LogP contribution in [0.15, 0.2) is 48.5 Å². The van der Waals surface area contributed by atoms with Crippen LogP contribution in [0.3, 0.4) is 0 Å². The van der Waals surface area contributed by atoms with Crippen LogP contribution >= 0.6 is 0 Å². The first kappa shape index (κ1) is 17.5. The van der Waals surface area contributed by atoms with Gasteiger partial charge in [0.15, 0.2) is 11.5 Å². The number of para-hydroxylation sites is 1. The van der Waals surface area contributed by atoms with Crippen molar-refractivity contribution in [3.05, 3.63) is 54.1 Å². The van der Waals surface area contributed by atoms with Crippen LogP contribution in [-0.4, -0.2) is 38.9 Å². The number of urea groups is 1. The van der Waals surface area contributed by atoms with Crippen LogP contribution in [0.1, 0.15) is 12.0 Å². The van der Waals surface area contributed by atoms with Crippen molar-refractivity contribution >= 4 is 11.7 Å². The van der Waals surface area contributed by atoms with Crippen LogP contribution < -0.4 is 25.0 Å². The minimum atomic E-state index is -0.136. The highest BCUT2D eigenvalue weighted by Crippen LogP contribution is 2.30. The Morgan fingerprint density at radius 3 is 2.70 bits per heavy atom. The first-order chi connectivity index (χ1) is 13.3. The lowest BCUT2D eigenvalue weighted by atomic mass is 10.1. The lowest BCUT2D eigenvalue weighted by Crippen LogP contribution is -2.38. The number of fused-ring (bicyclic) bond motifs is 1. The predicted octanol–water partition coefficient (Wildman–Crippen LogP) is 2.78. The third-order valence-electron chi connectivity index (χ3n) is 5.02. The first-order valence-corrected chi connectivity index (χ1v) is 9.48. The number of nitrogens with zero attached hydrogens (tertiary/aromatic N) is 1. The maximum atomic E-state index is 12.1. The topological polar surface area (TPSA) is 62.8 Å². The molecule has 0 spiro atoms. The van der Waals surface area contributed by atoms with Crippen molar-refractivity contribution < 1.29 is 14.3 Å². The van der Waals surface area contributed by atoms with E-state index in [1.54, 1.807) is 0 Å². The Hall–Kier alpha value is -2.89. The molecule has 2 aromatic carbocycles. The van der Waals surface area contributed by atoms with Gasteiger partial charge in [-0.25, -0.2) is 4.79 Å². The van der Waals surface area contributed by atoms with E-state index < -0.39 is 0 Å². The van der Waals surface area contributed by atoms with E-state index in [1.807, 2.05) is 24.3 Å². The molecule has 0 radical (unpaired) electrons. The molecule has 0 saturated carbocycles. The zero-order valence-electron chi connectivity index (χ0n) is 15.3. The number of amides is 2. The van der Waals surface area contributed by atoms with Crippen LogP contribution in [0.5, 0.6) is 11.5 Å². The van der Waals surface area contributed by atoms with Crippen molar-refractivity contribution in [1.29, 1.82) is 0 Å². The summed E-state index contributed by atoms with van der Waals surface area (Å²) in [5.41, 5.74) is 2.24. The Labute approximate surface area is 159 Å². The molecule has 4 rings (SSSR count). The van der Waals surface area contributed by atoms with Gasteiger partial charge in [0, 0.05) is 31.9 Å². The molecule has 2 aliphatic heterocycles. The van der Waals surface area contributed by atoms with Gasteiger partial charge in [0.2, 0.25) is 0 Å². The lowest BCUT2D eigenvalue weighted by Gasteiger charge is -2.19. The van der Waals surface area contributed by atoms with Gasteiger partial charge in [-0.3, -0.25) is 0 Å². The number of benzene rings is 2. The zero-order valence-corrected chi connectivity index (χ0v) is 15.3. The second-order valence-corrected chi connectivity index (χ2v) is 6.98. The number of carbonyl (C=O) groups excluding carboxylic acids is 1. The highest BCUT2D eigenvalue weighted by Gasteiger charge is 2.23. The summed E-state index contributed by atoms with van der Waals surface area (Å²) in [7, 11) is 0. The SMILES string of the molecule is O=C(NCc1ccc2c(c1)OCCO2)NC[C@H]1CCN(c2ccccc2)C1. The van der Waals surface area contributed by atoms with E-state index in [9.17, 15) is 4.79 Å². The fraction of sp³-hybridized carbons (Fsp3) is 0.381. The molecule has 2 amide bonds. The minimum Gasteiger partial charge on any atom is -0.486 e. The quantitative estimate of drug-likeness (QED) is 0.853. The van der Waals surface area contributed by atoms with Gasteiger partial charge in [-0.1, -0.05) is 24.3 Å². The van der Waals surface area contributed by atoms with E-state index in [1.165, 1.54) is 5.69 Å². The van der Waals surface area contributed by atoms with Crippen molar-refractivity contribution in [2.75, 3.05) is 37.7 Å². The van der Waals surface area contributed by atoms with Crippen molar-refractivity contribution in [1.82, 2.24) is 10.6 Å². The van der Waals surface area contributed by atoms with Crippen molar-refractivity contribution in [2.45, 2.75) is 13.0 Å². The summed E-state index contributed by atoms with van der Waals surface area (Å²) in [5, 5.41) is 5.91. The molecule has 27 heavy (non-hydrogen) atoms. The molecule has 6 nitrogen and oxygen atoms in total. The standard InChI is InChI=1S/C21H25N3O3/c25-21(22-13-16-6-7-19-20(12-16)27-11-10-26-19)23-14-17-8-9-24(15-17)18-4-2-1-3-5-18/h1-7,12,17H,8-11,13-15H2,(H2,22,23,25)/t17-/m1/s1. The van der Waals surface area contributed by atoms with Crippen molar-refractivity contribution in [3.63, 3.8) is 0 Å². The molecular formula is C21H25N3O3. The predicted molar refractivity (Wildman–Crippen MR) is 104 cm³/mol. The van der Waals surface area contributed by atoms with Gasteiger partial charge in [0.1, 0.15) is 13.2 Å². The molecule has 0 bridgehead atoms. The van der Waals surface area contributed by atoms with E-state index in [-0.39, 0.29) is 6.03 Å². The third-order valence-corrected chi connectivity index (χ3v) is 5.02. The molecule has 0 aromatic heterocycles. The molecule has 0 unspecified atom stereocenters. The van der Waals surface area contributed by atoms with E-state index in [4.69, 9.17) is 9.47 Å². The molecule has 1 fully saturated rings. The lowest BCUT2D eigenvalue weighted by molar-refractivity contribution is 0.171. The Kier molecular flexibility index (Phi) is 5.32. The number of hydrogen-bond donors (Lipinski definition) is 2. The Balaban J connectivity index is 1.20. The minimum absolute atomic E-state index is 0.136. The second-order valence-electron chi connectivity index (χ2n) is 6.98.